The molecule has 2 aromatic rings. The molecule has 1 saturated heterocycles. The van der Waals surface area contributed by atoms with Crippen LogP contribution in [0.5, 0.6) is 11.5 Å². The number of fused-ring (bicyclic) bond motifs is 1. The molecule has 3 aliphatic rings. The Labute approximate surface area is 204 Å². The third-order valence-electron chi connectivity index (χ3n) is 7.06. The van der Waals surface area contributed by atoms with Gasteiger partial charge < -0.3 is 19.7 Å². The SMILES string of the molecule is COc1ccc(CNC2CCCCC2Oc2ccc3c(c2)CN(C2CCC(=O)NC2=O)C3=O)nc1. The van der Waals surface area contributed by atoms with Crippen LogP contribution in [0.3, 0.4) is 0 Å². The lowest BCUT2D eigenvalue weighted by atomic mass is 9.92. The molecule has 35 heavy (non-hydrogen) atoms. The van der Waals surface area contributed by atoms with Crippen molar-refractivity contribution < 1.29 is 23.9 Å². The molecule has 3 unspecified atom stereocenters. The number of benzene rings is 1. The van der Waals surface area contributed by atoms with E-state index < -0.39 is 11.9 Å². The van der Waals surface area contributed by atoms with Crippen molar-refractivity contribution >= 4 is 17.7 Å². The average Bonchev–Trinajstić information content (AvgIpc) is 3.19. The van der Waals surface area contributed by atoms with Gasteiger partial charge in [-0.15, -0.1) is 0 Å². The number of methoxy groups -OCH3 is 1. The van der Waals surface area contributed by atoms with Crippen molar-refractivity contribution in [1.29, 1.82) is 0 Å². The molecular weight excluding hydrogens is 448 g/mol. The fraction of sp³-hybridized carbons (Fsp3) is 0.462. The lowest BCUT2D eigenvalue weighted by molar-refractivity contribution is -0.136. The predicted molar refractivity (Wildman–Crippen MR) is 127 cm³/mol. The first-order valence-corrected chi connectivity index (χ1v) is 12.2. The fourth-order valence-electron chi connectivity index (χ4n) is 5.14. The number of nitrogens with zero attached hydrogens (tertiary/aromatic N) is 2. The molecular formula is C26H30N4O5. The summed E-state index contributed by atoms with van der Waals surface area (Å²) < 4.78 is 11.6. The van der Waals surface area contributed by atoms with Crippen molar-refractivity contribution in [1.82, 2.24) is 20.5 Å². The van der Waals surface area contributed by atoms with E-state index in [2.05, 4.69) is 15.6 Å². The molecule has 0 spiro atoms. The maximum absolute atomic E-state index is 12.9. The minimum atomic E-state index is -0.615. The number of hydrogen-bond donors (Lipinski definition) is 2. The number of hydrogen-bond acceptors (Lipinski definition) is 7. The highest BCUT2D eigenvalue weighted by molar-refractivity contribution is 6.05. The topological polar surface area (TPSA) is 110 Å². The van der Waals surface area contributed by atoms with Crippen LogP contribution in [0.25, 0.3) is 0 Å². The maximum atomic E-state index is 12.9. The summed E-state index contributed by atoms with van der Waals surface area (Å²) in [4.78, 5) is 42.7. The lowest BCUT2D eigenvalue weighted by Crippen LogP contribution is -2.52. The zero-order chi connectivity index (χ0) is 24.4. The van der Waals surface area contributed by atoms with E-state index in [4.69, 9.17) is 9.47 Å². The Bertz CT molecular complexity index is 1120. The summed E-state index contributed by atoms with van der Waals surface area (Å²) in [5.74, 6) is 0.595. The minimum Gasteiger partial charge on any atom is -0.495 e. The summed E-state index contributed by atoms with van der Waals surface area (Å²) in [6.45, 7) is 0.987. The van der Waals surface area contributed by atoms with Gasteiger partial charge in [0.25, 0.3) is 5.91 Å². The number of pyridine rings is 1. The summed E-state index contributed by atoms with van der Waals surface area (Å²) in [5, 5.41) is 5.94. The number of nitrogens with one attached hydrogen (secondary N) is 2. The van der Waals surface area contributed by atoms with Gasteiger partial charge in [-0.25, -0.2) is 0 Å². The second-order valence-electron chi connectivity index (χ2n) is 9.34. The van der Waals surface area contributed by atoms with Crippen LogP contribution in [-0.2, 0) is 22.7 Å². The number of amides is 3. The summed E-state index contributed by atoms with van der Waals surface area (Å²) in [7, 11) is 1.63. The molecule has 3 heterocycles. The van der Waals surface area contributed by atoms with E-state index in [0.29, 0.717) is 25.1 Å². The van der Waals surface area contributed by atoms with E-state index in [1.807, 2.05) is 24.3 Å². The molecule has 2 fully saturated rings. The highest BCUT2D eigenvalue weighted by Crippen LogP contribution is 2.32. The smallest absolute Gasteiger partial charge is 0.255 e. The van der Waals surface area contributed by atoms with Gasteiger partial charge in [0.05, 0.1) is 19.0 Å². The monoisotopic (exact) mass is 478 g/mol. The number of piperidine rings is 1. The standard InChI is InChI=1S/C26H30N4O5/c1-34-19-7-6-17(27-14-19)13-28-21-4-2-3-5-23(21)35-18-8-9-20-16(12-18)15-30(26(20)33)22-10-11-24(31)29-25(22)32/h6-9,12,14,21-23,28H,2-5,10-11,13,15H2,1H3,(H,29,31,32). The van der Waals surface area contributed by atoms with Crippen molar-refractivity contribution in [2.45, 2.75) is 69.8 Å². The minimum absolute atomic E-state index is 0.0170. The van der Waals surface area contributed by atoms with Crippen molar-refractivity contribution in [2.75, 3.05) is 7.11 Å². The molecule has 3 amide bonds. The molecule has 0 radical (unpaired) electrons. The number of rotatable bonds is 7. The summed E-state index contributed by atoms with van der Waals surface area (Å²) in [5.41, 5.74) is 2.38. The van der Waals surface area contributed by atoms with Gasteiger partial charge in [0.1, 0.15) is 23.6 Å². The van der Waals surface area contributed by atoms with Crippen molar-refractivity contribution in [2.24, 2.45) is 0 Å². The van der Waals surface area contributed by atoms with Gasteiger partial charge in [-0.05, 0) is 61.6 Å². The number of imide groups is 1. The largest absolute Gasteiger partial charge is 0.495 e. The van der Waals surface area contributed by atoms with Gasteiger partial charge >= 0.3 is 0 Å². The fourth-order valence-corrected chi connectivity index (χ4v) is 5.14. The number of aromatic nitrogens is 1. The molecule has 2 aliphatic heterocycles. The Kier molecular flexibility index (Phi) is 6.68. The van der Waals surface area contributed by atoms with Crippen LogP contribution in [0, 0.1) is 0 Å². The van der Waals surface area contributed by atoms with E-state index >= 15 is 0 Å². The molecule has 9 nitrogen and oxygen atoms in total. The summed E-state index contributed by atoms with van der Waals surface area (Å²) in [6.07, 6.45) is 6.56. The molecule has 1 aromatic carbocycles. The lowest BCUT2D eigenvalue weighted by Gasteiger charge is -2.32. The first-order chi connectivity index (χ1) is 17.0. The van der Waals surface area contributed by atoms with E-state index in [-0.39, 0.29) is 30.4 Å². The van der Waals surface area contributed by atoms with Gasteiger partial charge in [-0.2, -0.15) is 0 Å². The van der Waals surface area contributed by atoms with Gasteiger partial charge in [-0.1, -0.05) is 6.42 Å². The third kappa shape index (κ3) is 5.00. The molecule has 1 aliphatic carbocycles. The second kappa shape index (κ2) is 10.0. The Morgan fingerprint density at radius 2 is 1.91 bits per heavy atom. The highest BCUT2D eigenvalue weighted by atomic mass is 16.5. The molecule has 5 rings (SSSR count). The van der Waals surface area contributed by atoms with Crippen LogP contribution < -0.4 is 20.1 Å². The first kappa shape index (κ1) is 23.3. The van der Waals surface area contributed by atoms with E-state index in [1.165, 1.54) is 0 Å². The normalized spacial score (nSPS) is 24.2. The Balaban J connectivity index is 1.23. The highest BCUT2D eigenvalue weighted by Gasteiger charge is 2.39. The third-order valence-corrected chi connectivity index (χ3v) is 7.06. The van der Waals surface area contributed by atoms with Gasteiger partial charge in [0, 0.05) is 31.1 Å². The molecule has 2 N–H and O–H groups in total. The van der Waals surface area contributed by atoms with E-state index in [0.717, 1.165) is 48.4 Å². The Morgan fingerprint density at radius 3 is 2.69 bits per heavy atom. The summed E-state index contributed by atoms with van der Waals surface area (Å²) in [6, 6.07) is 8.97. The quantitative estimate of drug-likeness (QED) is 0.588. The number of carbonyl (C=O) groups excluding carboxylic acids is 3. The number of carbonyl (C=O) groups is 3. The van der Waals surface area contributed by atoms with Crippen LogP contribution in [0.2, 0.25) is 0 Å². The molecule has 184 valence electrons. The second-order valence-corrected chi connectivity index (χ2v) is 9.34. The maximum Gasteiger partial charge on any atom is 0.255 e. The predicted octanol–water partition coefficient (Wildman–Crippen LogP) is 2.33. The molecule has 1 saturated carbocycles. The average molecular weight is 479 g/mol. The van der Waals surface area contributed by atoms with Crippen LogP contribution >= 0.6 is 0 Å². The van der Waals surface area contributed by atoms with Crippen LogP contribution in [0.15, 0.2) is 36.5 Å². The zero-order valence-electron chi connectivity index (χ0n) is 19.8. The van der Waals surface area contributed by atoms with Gasteiger partial charge in [0.15, 0.2) is 0 Å². The summed E-state index contributed by atoms with van der Waals surface area (Å²) >= 11 is 0. The zero-order valence-corrected chi connectivity index (χ0v) is 19.8. The molecule has 3 atom stereocenters. The Morgan fingerprint density at radius 1 is 1.09 bits per heavy atom. The van der Waals surface area contributed by atoms with Gasteiger partial charge in [0.2, 0.25) is 11.8 Å². The molecule has 9 heteroatoms. The van der Waals surface area contributed by atoms with Crippen LogP contribution in [-0.4, -0.2) is 52.9 Å². The van der Waals surface area contributed by atoms with Crippen molar-refractivity contribution in [3.63, 3.8) is 0 Å². The van der Waals surface area contributed by atoms with Crippen LogP contribution in [0.1, 0.15) is 60.1 Å². The first-order valence-electron chi connectivity index (χ1n) is 12.2. The molecule has 1 aromatic heterocycles. The molecule has 0 bridgehead atoms. The van der Waals surface area contributed by atoms with Crippen molar-refractivity contribution in [3.8, 4) is 11.5 Å². The van der Waals surface area contributed by atoms with Crippen molar-refractivity contribution in [3.05, 3.63) is 53.3 Å². The van der Waals surface area contributed by atoms with E-state index in [1.54, 1.807) is 24.3 Å². The Hall–Kier alpha value is -3.46. The van der Waals surface area contributed by atoms with Crippen LogP contribution in [0.4, 0.5) is 0 Å². The van der Waals surface area contributed by atoms with E-state index in [9.17, 15) is 14.4 Å². The van der Waals surface area contributed by atoms with Gasteiger partial charge in [-0.3, -0.25) is 24.7 Å². The number of ether oxygens (including phenoxy) is 2.